The predicted molar refractivity (Wildman–Crippen MR) is 71.7 cm³/mol. The van der Waals surface area contributed by atoms with Gasteiger partial charge in [0.25, 0.3) is 5.92 Å². The zero-order chi connectivity index (χ0) is 14.3. The fourth-order valence-electron chi connectivity index (χ4n) is 2.79. The number of ether oxygens (including phenoxy) is 2. The fourth-order valence-corrected chi connectivity index (χ4v) is 2.79. The van der Waals surface area contributed by atoms with Crippen LogP contribution in [0.2, 0.25) is 0 Å². The summed E-state index contributed by atoms with van der Waals surface area (Å²) < 4.78 is 36.8. The van der Waals surface area contributed by atoms with Crippen molar-refractivity contribution in [3.05, 3.63) is 23.3 Å². The predicted octanol–water partition coefficient (Wildman–Crippen LogP) is 2.94. The van der Waals surface area contributed by atoms with E-state index in [1.54, 1.807) is 7.11 Å². The first kappa shape index (κ1) is 13.6. The van der Waals surface area contributed by atoms with Gasteiger partial charge in [0.05, 0.1) is 19.6 Å². The second-order valence-electron chi connectivity index (χ2n) is 5.56. The van der Waals surface area contributed by atoms with Crippen molar-refractivity contribution in [3.63, 3.8) is 0 Å². The van der Waals surface area contributed by atoms with Crippen molar-refractivity contribution in [2.45, 2.75) is 31.7 Å². The largest absolute Gasteiger partial charge is 0.493 e. The molecule has 20 heavy (non-hydrogen) atoms. The summed E-state index contributed by atoms with van der Waals surface area (Å²) >= 11 is 0. The topological polar surface area (TPSA) is 30.5 Å². The lowest BCUT2D eigenvalue weighted by molar-refractivity contribution is 0.0851. The summed E-state index contributed by atoms with van der Waals surface area (Å²) in [5, 5.41) is 3.38. The molecule has 5 heteroatoms. The normalized spacial score (nSPS) is 26.8. The lowest BCUT2D eigenvalue weighted by Crippen LogP contribution is -2.28. The lowest BCUT2D eigenvalue weighted by Gasteiger charge is -2.26. The van der Waals surface area contributed by atoms with E-state index in [9.17, 15) is 8.78 Å². The second-order valence-corrected chi connectivity index (χ2v) is 5.56. The van der Waals surface area contributed by atoms with Gasteiger partial charge in [-0.05, 0) is 31.5 Å². The molecular weight excluding hydrogens is 264 g/mol. The summed E-state index contributed by atoms with van der Waals surface area (Å²) in [7, 11) is 1.60. The summed E-state index contributed by atoms with van der Waals surface area (Å²) in [6.07, 6.45) is 0.793. The van der Waals surface area contributed by atoms with Crippen LogP contribution >= 0.6 is 0 Å². The molecule has 1 saturated carbocycles. The molecule has 0 aromatic heterocycles. The van der Waals surface area contributed by atoms with E-state index in [-0.39, 0.29) is 19.1 Å². The van der Waals surface area contributed by atoms with Crippen molar-refractivity contribution in [2.24, 2.45) is 5.92 Å². The minimum atomic E-state index is -2.54. The van der Waals surface area contributed by atoms with Gasteiger partial charge in [0.2, 0.25) is 0 Å². The Kier molecular flexibility index (Phi) is 3.32. The van der Waals surface area contributed by atoms with Gasteiger partial charge in [-0.1, -0.05) is 6.07 Å². The number of hydrogen-bond donors (Lipinski definition) is 1. The van der Waals surface area contributed by atoms with Gasteiger partial charge in [0.15, 0.2) is 11.5 Å². The van der Waals surface area contributed by atoms with E-state index in [1.807, 2.05) is 12.1 Å². The third-order valence-corrected chi connectivity index (χ3v) is 4.15. The van der Waals surface area contributed by atoms with Crippen LogP contribution in [0.15, 0.2) is 12.1 Å². The van der Waals surface area contributed by atoms with E-state index in [2.05, 4.69) is 12.2 Å². The molecular formula is C15H19F2NO2. The highest BCUT2D eigenvalue weighted by Crippen LogP contribution is 2.49. The van der Waals surface area contributed by atoms with Gasteiger partial charge in [0, 0.05) is 18.0 Å². The van der Waals surface area contributed by atoms with Crippen molar-refractivity contribution in [1.29, 1.82) is 0 Å². The van der Waals surface area contributed by atoms with Crippen LogP contribution in [-0.2, 0) is 6.42 Å². The molecule has 2 unspecified atom stereocenters. The Morgan fingerprint density at radius 1 is 1.40 bits per heavy atom. The quantitative estimate of drug-likeness (QED) is 0.921. The minimum Gasteiger partial charge on any atom is -0.493 e. The van der Waals surface area contributed by atoms with Gasteiger partial charge in [-0.15, -0.1) is 0 Å². The third kappa shape index (κ3) is 2.35. The van der Waals surface area contributed by atoms with Crippen molar-refractivity contribution < 1.29 is 18.3 Å². The molecule has 1 N–H and O–H groups in total. The van der Waals surface area contributed by atoms with Crippen LogP contribution in [0, 0.1) is 5.92 Å². The maximum absolute atomic E-state index is 12.9. The van der Waals surface area contributed by atoms with Crippen LogP contribution in [0.5, 0.6) is 11.5 Å². The van der Waals surface area contributed by atoms with Crippen LogP contribution in [0.25, 0.3) is 0 Å². The maximum atomic E-state index is 12.9. The van der Waals surface area contributed by atoms with Gasteiger partial charge < -0.3 is 14.8 Å². The van der Waals surface area contributed by atoms with Crippen LogP contribution in [0.1, 0.15) is 30.5 Å². The van der Waals surface area contributed by atoms with E-state index in [0.717, 1.165) is 18.5 Å². The molecule has 110 valence electrons. The van der Waals surface area contributed by atoms with Gasteiger partial charge in [0.1, 0.15) is 0 Å². The number of alkyl halides is 2. The molecule has 1 aromatic carbocycles. The first-order valence-electron chi connectivity index (χ1n) is 6.96. The van der Waals surface area contributed by atoms with Crippen molar-refractivity contribution >= 4 is 0 Å². The number of methoxy groups -OCH3 is 1. The van der Waals surface area contributed by atoms with Gasteiger partial charge in [-0.2, -0.15) is 0 Å². The van der Waals surface area contributed by atoms with Crippen molar-refractivity contribution in [3.8, 4) is 11.5 Å². The molecule has 2 aliphatic rings. The van der Waals surface area contributed by atoms with Crippen LogP contribution < -0.4 is 14.8 Å². The number of halogens is 2. The molecule has 0 saturated heterocycles. The molecule has 2 atom stereocenters. The standard InChI is InChI=1S/C15H19F2NO2/c1-9-11-3-4-13(20-8-10-7-15(10,16)17)14(19-2)12(11)5-6-18-9/h3-4,9-10,18H,5-8H2,1-2H3. The number of nitrogens with one attached hydrogen (secondary N) is 1. The first-order chi connectivity index (χ1) is 9.53. The van der Waals surface area contributed by atoms with Crippen molar-refractivity contribution in [1.82, 2.24) is 5.32 Å². The van der Waals surface area contributed by atoms with E-state index in [0.29, 0.717) is 11.5 Å². The minimum absolute atomic E-state index is 0.0515. The fraction of sp³-hybridized carbons (Fsp3) is 0.600. The highest BCUT2D eigenvalue weighted by atomic mass is 19.3. The molecule has 0 bridgehead atoms. The Balaban J connectivity index is 1.81. The molecule has 1 aliphatic heterocycles. The molecule has 1 aliphatic carbocycles. The Morgan fingerprint density at radius 3 is 2.80 bits per heavy atom. The van der Waals surface area contributed by atoms with Gasteiger partial charge in [-0.3, -0.25) is 0 Å². The SMILES string of the molecule is COc1c(OCC2CC2(F)F)ccc2c1CCNC2C. The zero-order valence-corrected chi connectivity index (χ0v) is 11.7. The average Bonchev–Trinajstić information content (AvgIpc) is 3.03. The molecule has 1 heterocycles. The van der Waals surface area contributed by atoms with Crippen LogP contribution in [-0.4, -0.2) is 26.2 Å². The molecule has 0 amide bonds. The third-order valence-electron chi connectivity index (χ3n) is 4.15. The lowest BCUT2D eigenvalue weighted by atomic mass is 9.94. The Bertz CT molecular complexity index is 519. The maximum Gasteiger partial charge on any atom is 0.255 e. The summed E-state index contributed by atoms with van der Waals surface area (Å²) in [6.45, 7) is 3.04. The highest BCUT2D eigenvalue weighted by molar-refractivity contribution is 5.52. The van der Waals surface area contributed by atoms with Gasteiger partial charge >= 0.3 is 0 Å². The first-order valence-corrected chi connectivity index (χ1v) is 6.96. The summed E-state index contributed by atoms with van der Waals surface area (Å²) in [6, 6.07) is 4.09. The summed E-state index contributed by atoms with van der Waals surface area (Å²) in [5.74, 6) is -1.92. The summed E-state index contributed by atoms with van der Waals surface area (Å²) in [5.41, 5.74) is 2.32. The monoisotopic (exact) mass is 283 g/mol. The second kappa shape index (κ2) is 4.88. The zero-order valence-electron chi connectivity index (χ0n) is 11.7. The molecule has 3 rings (SSSR count). The molecule has 0 spiro atoms. The smallest absolute Gasteiger partial charge is 0.255 e. The molecule has 1 fully saturated rings. The van der Waals surface area contributed by atoms with Crippen LogP contribution in [0.3, 0.4) is 0 Å². The Morgan fingerprint density at radius 2 is 2.15 bits per heavy atom. The van der Waals surface area contributed by atoms with Crippen LogP contribution in [0.4, 0.5) is 8.78 Å². The molecule has 1 aromatic rings. The van der Waals surface area contributed by atoms with E-state index in [4.69, 9.17) is 9.47 Å². The highest BCUT2D eigenvalue weighted by Gasteiger charge is 2.57. The number of hydrogen-bond acceptors (Lipinski definition) is 3. The molecule has 0 radical (unpaired) electrons. The number of fused-ring (bicyclic) bond motifs is 1. The molecule has 3 nitrogen and oxygen atoms in total. The number of rotatable bonds is 4. The van der Waals surface area contributed by atoms with Gasteiger partial charge in [-0.25, -0.2) is 8.78 Å². The van der Waals surface area contributed by atoms with E-state index >= 15 is 0 Å². The summed E-state index contributed by atoms with van der Waals surface area (Å²) in [4.78, 5) is 0. The van der Waals surface area contributed by atoms with Crippen molar-refractivity contribution in [2.75, 3.05) is 20.3 Å². The van der Waals surface area contributed by atoms with E-state index < -0.39 is 11.8 Å². The van der Waals surface area contributed by atoms with E-state index in [1.165, 1.54) is 5.56 Å². The Labute approximate surface area is 117 Å². The Hall–Kier alpha value is -1.36. The number of benzene rings is 1. The average molecular weight is 283 g/mol.